The van der Waals surface area contributed by atoms with Crippen LogP contribution in [0.4, 0.5) is 5.69 Å². The molecule has 2 rings (SSSR count). The number of thiocarbonyl (C=S) groups is 1. The van der Waals surface area contributed by atoms with E-state index in [0.29, 0.717) is 28.3 Å². The molecule has 3 nitrogen and oxygen atoms in total. The monoisotopic (exact) mass is 354 g/mol. The molecule has 0 unspecified atom stereocenters. The van der Waals surface area contributed by atoms with Crippen LogP contribution in [0.15, 0.2) is 48.5 Å². The average Bonchev–Trinajstić information content (AvgIpc) is 2.52. The van der Waals surface area contributed by atoms with Gasteiger partial charge in [-0.2, -0.15) is 0 Å². The van der Waals surface area contributed by atoms with Gasteiger partial charge in [0.15, 0.2) is 5.11 Å². The zero-order valence-corrected chi connectivity index (χ0v) is 14.4. The summed E-state index contributed by atoms with van der Waals surface area (Å²) in [6, 6.07) is 15.0. The largest absolute Gasteiger partial charge is 0.492 e. The van der Waals surface area contributed by atoms with Gasteiger partial charge >= 0.3 is 0 Å². The Morgan fingerprint density at radius 3 is 2.55 bits per heavy atom. The first kappa shape index (κ1) is 16.9. The number of para-hydroxylation sites is 1. The van der Waals surface area contributed by atoms with E-state index in [1.807, 2.05) is 48.3 Å². The summed E-state index contributed by atoms with van der Waals surface area (Å²) in [4.78, 5) is 1.90. The van der Waals surface area contributed by atoms with Crippen molar-refractivity contribution in [2.45, 2.75) is 0 Å². The first-order valence-corrected chi connectivity index (χ1v) is 7.87. The van der Waals surface area contributed by atoms with Crippen molar-refractivity contribution in [3.63, 3.8) is 0 Å². The van der Waals surface area contributed by atoms with E-state index in [9.17, 15) is 0 Å². The third kappa shape index (κ3) is 5.05. The summed E-state index contributed by atoms with van der Waals surface area (Å²) in [6.07, 6.45) is 0. The van der Waals surface area contributed by atoms with Gasteiger partial charge in [-0.1, -0.05) is 41.4 Å². The second-order valence-corrected chi connectivity index (χ2v) is 5.84. The Bertz CT molecular complexity index is 637. The summed E-state index contributed by atoms with van der Waals surface area (Å²) >= 11 is 17.2. The minimum Gasteiger partial charge on any atom is -0.492 e. The number of nitrogens with zero attached hydrogens (tertiary/aromatic N) is 1. The Balaban J connectivity index is 1.80. The van der Waals surface area contributed by atoms with Crippen LogP contribution < -0.4 is 10.1 Å². The van der Waals surface area contributed by atoms with Crippen LogP contribution in [0.3, 0.4) is 0 Å². The van der Waals surface area contributed by atoms with E-state index in [-0.39, 0.29) is 0 Å². The van der Waals surface area contributed by atoms with Crippen LogP contribution in [0.25, 0.3) is 0 Å². The lowest BCUT2D eigenvalue weighted by Gasteiger charge is -2.21. The number of hydrogen-bond donors (Lipinski definition) is 1. The minimum absolute atomic E-state index is 0.490. The number of nitrogens with one attached hydrogen (secondary N) is 1. The second-order valence-electron chi connectivity index (χ2n) is 4.64. The second kappa shape index (κ2) is 8.22. The van der Waals surface area contributed by atoms with Gasteiger partial charge in [-0.05, 0) is 42.5 Å². The first-order chi connectivity index (χ1) is 10.6. The molecule has 0 heterocycles. The van der Waals surface area contributed by atoms with E-state index in [1.165, 1.54) is 0 Å². The van der Waals surface area contributed by atoms with Crippen LogP contribution in [0.1, 0.15) is 0 Å². The standard InChI is InChI=1S/C16H16Cl2N2OS/c1-20(9-10-21-13-5-3-2-4-6-13)16(22)19-12-7-8-14(17)15(18)11-12/h2-8,11H,9-10H2,1H3,(H,19,22). The smallest absolute Gasteiger partial charge is 0.173 e. The summed E-state index contributed by atoms with van der Waals surface area (Å²) in [5.74, 6) is 0.847. The van der Waals surface area contributed by atoms with Gasteiger partial charge in [0, 0.05) is 12.7 Å². The third-order valence-corrected chi connectivity index (χ3v) is 4.11. The summed E-state index contributed by atoms with van der Waals surface area (Å²) < 4.78 is 5.64. The molecule has 1 N–H and O–H groups in total. The fourth-order valence-electron chi connectivity index (χ4n) is 1.71. The average molecular weight is 355 g/mol. The van der Waals surface area contributed by atoms with Crippen molar-refractivity contribution < 1.29 is 4.74 Å². The van der Waals surface area contributed by atoms with Crippen molar-refractivity contribution in [1.82, 2.24) is 4.90 Å². The molecule has 0 aromatic heterocycles. The molecule has 0 saturated heterocycles. The highest BCUT2D eigenvalue weighted by molar-refractivity contribution is 7.80. The van der Waals surface area contributed by atoms with Crippen LogP contribution in [0.2, 0.25) is 10.0 Å². The van der Waals surface area contributed by atoms with Crippen molar-refractivity contribution in [2.24, 2.45) is 0 Å². The number of halogens is 2. The first-order valence-electron chi connectivity index (χ1n) is 6.71. The molecule has 0 saturated carbocycles. The zero-order valence-electron chi connectivity index (χ0n) is 12.1. The van der Waals surface area contributed by atoms with Crippen molar-refractivity contribution in [3.05, 3.63) is 58.6 Å². The number of likely N-dealkylation sites (N-methyl/N-ethyl adjacent to an activating group) is 1. The number of ether oxygens (including phenoxy) is 1. The molecule has 0 radical (unpaired) electrons. The molecule has 0 bridgehead atoms. The summed E-state index contributed by atoms with van der Waals surface area (Å²) in [5.41, 5.74) is 0.801. The molecule has 6 heteroatoms. The Kier molecular flexibility index (Phi) is 6.31. The van der Waals surface area contributed by atoms with Gasteiger partial charge in [-0.25, -0.2) is 0 Å². The molecule has 0 amide bonds. The maximum atomic E-state index is 5.98. The lowest BCUT2D eigenvalue weighted by atomic mass is 10.3. The maximum absolute atomic E-state index is 5.98. The normalized spacial score (nSPS) is 10.1. The number of benzene rings is 2. The lowest BCUT2D eigenvalue weighted by molar-refractivity contribution is 0.285. The number of rotatable bonds is 5. The maximum Gasteiger partial charge on any atom is 0.173 e. The SMILES string of the molecule is CN(CCOc1ccccc1)C(=S)Nc1ccc(Cl)c(Cl)c1. The van der Waals surface area contributed by atoms with Crippen LogP contribution in [-0.2, 0) is 0 Å². The zero-order chi connectivity index (χ0) is 15.9. The summed E-state index contributed by atoms with van der Waals surface area (Å²) in [7, 11) is 1.90. The Morgan fingerprint density at radius 2 is 1.86 bits per heavy atom. The fourth-order valence-corrected chi connectivity index (χ4v) is 2.22. The van der Waals surface area contributed by atoms with E-state index in [1.54, 1.807) is 12.1 Å². The van der Waals surface area contributed by atoms with Crippen LogP contribution in [-0.4, -0.2) is 30.2 Å². The molecule has 22 heavy (non-hydrogen) atoms. The van der Waals surface area contributed by atoms with Gasteiger partial charge in [-0.15, -0.1) is 0 Å². The van der Waals surface area contributed by atoms with E-state index >= 15 is 0 Å². The van der Waals surface area contributed by atoms with Gasteiger partial charge in [-0.3, -0.25) is 0 Å². The molecular formula is C16H16Cl2N2OS. The Hall–Kier alpha value is -1.49. The quantitative estimate of drug-likeness (QED) is 0.786. The number of hydrogen-bond acceptors (Lipinski definition) is 2. The molecule has 0 aliphatic carbocycles. The number of anilines is 1. The van der Waals surface area contributed by atoms with Crippen molar-refractivity contribution in [2.75, 3.05) is 25.5 Å². The van der Waals surface area contributed by atoms with Crippen molar-refractivity contribution in [3.8, 4) is 5.75 Å². The topological polar surface area (TPSA) is 24.5 Å². The van der Waals surface area contributed by atoms with Gasteiger partial charge in [0.05, 0.1) is 16.6 Å². The van der Waals surface area contributed by atoms with Crippen molar-refractivity contribution >= 4 is 46.2 Å². The van der Waals surface area contributed by atoms with E-state index in [4.69, 9.17) is 40.2 Å². The lowest BCUT2D eigenvalue weighted by Crippen LogP contribution is -2.34. The van der Waals surface area contributed by atoms with Gasteiger partial charge in [0.1, 0.15) is 12.4 Å². The van der Waals surface area contributed by atoms with Gasteiger partial charge in [0.2, 0.25) is 0 Å². The third-order valence-electron chi connectivity index (χ3n) is 2.96. The molecule has 116 valence electrons. The fraction of sp³-hybridized carbons (Fsp3) is 0.188. The van der Waals surface area contributed by atoms with Crippen molar-refractivity contribution in [1.29, 1.82) is 0 Å². The van der Waals surface area contributed by atoms with E-state index < -0.39 is 0 Å². The van der Waals surface area contributed by atoms with Crippen LogP contribution in [0, 0.1) is 0 Å². The van der Waals surface area contributed by atoms with Crippen LogP contribution >= 0.6 is 35.4 Å². The summed E-state index contributed by atoms with van der Waals surface area (Å²) in [5, 5.41) is 4.72. The summed E-state index contributed by atoms with van der Waals surface area (Å²) in [6.45, 7) is 1.21. The molecule has 2 aromatic carbocycles. The van der Waals surface area contributed by atoms with E-state index in [2.05, 4.69) is 5.32 Å². The Labute approximate surface area is 145 Å². The molecule has 0 fully saturated rings. The molecule has 0 aliphatic heterocycles. The Morgan fingerprint density at radius 1 is 1.14 bits per heavy atom. The highest BCUT2D eigenvalue weighted by Gasteiger charge is 2.06. The molecule has 0 atom stereocenters. The highest BCUT2D eigenvalue weighted by atomic mass is 35.5. The predicted molar refractivity (Wildman–Crippen MR) is 97.2 cm³/mol. The molecular weight excluding hydrogens is 339 g/mol. The molecule has 0 spiro atoms. The molecule has 2 aromatic rings. The van der Waals surface area contributed by atoms with Gasteiger partial charge < -0.3 is 15.0 Å². The highest BCUT2D eigenvalue weighted by Crippen LogP contribution is 2.25. The predicted octanol–water partition coefficient (Wildman–Crippen LogP) is 4.70. The van der Waals surface area contributed by atoms with Gasteiger partial charge in [0.25, 0.3) is 0 Å². The minimum atomic E-state index is 0.490. The molecule has 0 aliphatic rings. The van der Waals surface area contributed by atoms with E-state index in [0.717, 1.165) is 11.4 Å². The van der Waals surface area contributed by atoms with Crippen LogP contribution in [0.5, 0.6) is 5.75 Å².